The molecule has 4 unspecified atom stereocenters. The van der Waals surface area contributed by atoms with Gasteiger partial charge in [-0.2, -0.15) is 0 Å². The van der Waals surface area contributed by atoms with Crippen molar-refractivity contribution in [3.05, 3.63) is 25.3 Å². The second-order valence-electron chi connectivity index (χ2n) is 9.56. The van der Waals surface area contributed by atoms with Crippen molar-refractivity contribution in [2.24, 2.45) is 5.92 Å². The van der Waals surface area contributed by atoms with Gasteiger partial charge in [0, 0.05) is 36.8 Å². The molecule has 4 N–H and O–H groups in total. The first-order valence-electron chi connectivity index (χ1n) is 11.3. The lowest BCUT2D eigenvalue weighted by molar-refractivity contribution is -0.141. The molecular weight excluding hydrogens is 428 g/mol. The standard InChI is InChI=1S/C24H44N2O7/c1-9-21(29)31-15-19(27)12-25-18(4)11-23(5,6)33-14-17(3)24(7,8)26-13-20(28)16-32-22(30)10-2/h9-10,17-20,25-28H,1-2,11-16H2,3-8H3. The number of esters is 2. The maximum Gasteiger partial charge on any atom is 0.330 e. The van der Waals surface area contributed by atoms with E-state index in [9.17, 15) is 19.8 Å². The predicted octanol–water partition coefficient (Wildman–Crippen LogP) is 1.33. The smallest absolute Gasteiger partial charge is 0.330 e. The van der Waals surface area contributed by atoms with E-state index in [1.165, 1.54) is 0 Å². The molecule has 0 aromatic carbocycles. The number of carbonyl (C=O) groups is 2. The molecule has 0 radical (unpaired) electrons. The van der Waals surface area contributed by atoms with Gasteiger partial charge in [0.2, 0.25) is 0 Å². The summed E-state index contributed by atoms with van der Waals surface area (Å²) in [7, 11) is 0. The van der Waals surface area contributed by atoms with Crippen LogP contribution in [0.5, 0.6) is 0 Å². The molecular formula is C24H44N2O7. The molecule has 0 saturated heterocycles. The lowest BCUT2D eigenvalue weighted by Gasteiger charge is -2.37. The van der Waals surface area contributed by atoms with Gasteiger partial charge in [0.05, 0.1) is 12.2 Å². The van der Waals surface area contributed by atoms with Crippen LogP contribution >= 0.6 is 0 Å². The summed E-state index contributed by atoms with van der Waals surface area (Å²) in [5, 5.41) is 26.4. The zero-order valence-corrected chi connectivity index (χ0v) is 21.1. The third-order valence-electron chi connectivity index (χ3n) is 5.42. The van der Waals surface area contributed by atoms with Crippen molar-refractivity contribution in [2.75, 3.05) is 32.9 Å². The molecule has 0 bridgehead atoms. The van der Waals surface area contributed by atoms with E-state index in [0.717, 1.165) is 12.2 Å². The summed E-state index contributed by atoms with van der Waals surface area (Å²) in [6.07, 6.45) is 1.21. The lowest BCUT2D eigenvalue weighted by Crippen LogP contribution is -2.50. The molecule has 0 aliphatic carbocycles. The molecule has 0 heterocycles. The Morgan fingerprint density at radius 1 is 0.909 bits per heavy atom. The summed E-state index contributed by atoms with van der Waals surface area (Å²) in [4.78, 5) is 22.1. The Morgan fingerprint density at radius 2 is 1.39 bits per heavy atom. The summed E-state index contributed by atoms with van der Waals surface area (Å²) in [5.74, 6) is -0.996. The SMILES string of the molecule is C=CC(=O)OCC(O)CNC(C)CC(C)(C)OCC(C)C(C)(C)NCC(O)COC(=O)C=C. The Balaban J connectivity index is 4.38. The van der Waals surface area contributed by atoms with Crippen molar-refractivity contribution >= 4 is 11.9 Å². The Morgan fingerprint density at radius 3 is 1.88 bits per heavy atom. The third kappa shape index (κ3) is 14.9. The van der Waals surface area contributed by atoms with Gasteiger partial charge in [-0.1, -0.05) is 20.1 Å². The molecule has 9 heteroatoms. The summed E-state index contributed by atoms with van der Waals surface area (Å²) in [6.45, 7) is 19.7. The summed E-state index contributed by atoms with van der Waals surface area (Å²) in [6, 6.07) is 0.0691. The van der Waals surface area contributed by atoms with E-state index in [0.29, 0.717) is 19.6 Å². The van der Waals surface area contributed by atoms with Crippen LogP contribution in [0.3, 0.4) is 0 Å². The fourth-order valence-electron chi connectivity index (χ4n) is 2.91. The molecule has 0 rings (SSSR count). The molecule has 0 amide bonds. The molecule has 0 aliphatic rings. The highest BCUT2D eigenvalue weighted by molar-refractivity contribution is 5.81. The number of β-amino-alcohol motifs (C(OH)–C–C–N with tert-alkyl or cyclic N) is 1. The van der Waals surface area contributed by atoms with Gasteiger partial charge in [-0.3, -0.25) is 0 Å². The summed E-state index contributed by atoms with van der Waals surface area (Å²) < 4.78 is 15.9. The quantitative estimate of drug-likeness (QED) is 0.173. The number of aliphatic hydroxyl groups excluding tert-OH is 2. The molecule has 0 aromatic rings. The minimum Gasteiger partial charge on any atom is -0.460 e. The fraction of sp³-hybridized carbons (Fsp3) is 0.750. The summed E-state index contributed by atoms with van der Waals surface area (Å²) >= 11 is 0. The largest absolute Gasteiger partial charge is 0.460 e. The van der Waals surface area contributed by atoms with E-state index in [2.05, 4.69) is 30.7 Å². The van der Waals surface area contributed by atoms with Crippen LogP contribution in [0.15, 0.2) is 25.3 Å². The van der Waals surface area contributed by atoms with Gasteiger partial charge in [-0.25, -0.2) is 9.59 Å². The topological polar surface area (TPSA) is 126 Å². The first-order valence-corrected chi connectivity index (χ1v) is 11.3. The van der Waals surface area contributed by atoms with Gasteiger partial charge in [0.25, 0.3) is 0 Å². The normalized spacial score (nSPS) is 15.8. The molecule has 0 aliphatic heterocycles. The van der Waals surface area contributed by atoms with Crippen LogP contribution in [0, 0.1) is 5.92 Å². The lowest BCUT2D eigenvalue weighted by atomic mass is 9.89. The van der Waals surface area contributed by atoms with Crippen LogP contribution < -0.4 is 10.6 Å². The molecule has 4 atom stereocenters. The van der Waals surface area contributed by atoms with Crippen molar-refractivity contribution in [3.63, 3.8) is 0 Å². The first kappa shape index (κ1) is 31.2. The number of carbonyl (C=O) groups excluding carboxylic acids is 2. The van der Waals surface area contributed by atoms with Gasteiger partial charge in [0.15, 0.2) is 0 Å². The molecule has 0 spiro atoms. The van der Waals surface area contributed by atoms with Crippen LogP contribution in [0.1, 0.15) is 48.0 Å². The number of rotatable bonds is 18. The fourth-order valence-corrected chi connectivity index (χ4v) is 2.91. The van der Waals surface area contributed by atoms with Crippen molar-refractivity contribution in [2.45, 2.75) is 77.4 Å². The molecule has 0 aromatic heterocycles. The number of hydrogen-bond acceptors (Lipinski definition) is 9. The zero-order chi connectivity index (χ0) is 25.7. The second kappa shape index (κ2) is 15.2. The number of nitrogens with one attached hydrogen (secondary N) is 2. The van der Waals surface area contributed by atoms with Crippen LogP contribution in [-0.4, -0.2) is 84.5 Å². The van der Waals surface area contributed by atoms with Crippen LogP contribution in [0.25, 0.3) is 0 Å². The zero-order valence-electron chi connectivity index (χ0n) is 21.1. The third-order valence-corrected chi connectivity index (χ3v) is 5.42. The first-order chi connectivity index (χ1) is 15.2. The van der Waals surface area contributed by atoms with Gasteiger partial charge >= 0.3 is 11.9 Å². The molecule has 33 heavy (non-hydrogen) atoms. The highest BCUT2D eigenvalue weighted by Crippen LogP contribution is 2.22. The van der Waals surface area contributed by atoms with Crippen molar-refractivity contribution < 1.29 is 34.0 Å². The summed E-state index contributed by atoms with van der Waals surface area (Å²) in [5.41, 5.74) is -0.730. The van der Waals surface area contributed by atoms with Crippen LogP contribution in [0.2, 0.25) is 0 Å². The number of ether oxygens (including phenoxy) is 3. The van der Waals surface area contributed by atoms with E-state index in [1.807, 2.05) is 34.6 Å². The van der Waals surface area contributed by atoms with E-state index in [-0.39, 0.29) is 37.3 Å². The van der Waals surface area contributed by atoms with Gasteiger partial charge < -0.3 is 35.1 Å². The second-order valence-corrected chi connectivity index (χ2v) is 9.56. The molecule has 0 fully saturated rings. The monoisotopic (exact) mass is 472 g/mol. The van der Waals surface area contributed by atoms with E-state index in [4.69, 9.17) is 14.2 Å². The number of aliphatic hydroxyl groups is 2. The highest BCUT2D eigenvalue weighted by atomic mass is 16.5. The average Bonchev–Trinajstić information content (AvgIpc) is 2.76. The van der Waals surface area contributed by atoms with E-state index < -0.39 is 29.7 Å². The molecule has 9 nitrogen and oxygen atoms in total. The predicted molar refractivity (Wildman–Crippen MR) is 128 cm³/mol. The Labute approximate surface area is 198 Å². The maximum absolute atomic E-state index is 11.1. The minimum absolute atomic E-state index is 0.0691. The molecule has 192 valence electrons. The minimum atomic E-state index is -0.819. The van der Waals surface area contributed by atoms with Crippen molar-refractivity contribution in [3.8, 4) is 0 Å². The van der Waals surface area contributed by atoms with Crippen LogP contribution in [-0.2, 0) is 23.8 Å². The van der Waals surface area contributed by atoms with Gasteiger partial charge in [0.1, 0.15) is 25.4 Å². The Bertz CT molecular complexity index is 622. The van der Waals surface area contributed by atoms with Crippen LogP contribution in [0.4, 0.5) is 0 Å². The van der Waals surface area contributed by atoms with Crippen molar-refractivity contribution in [1.29, 1.82) is 0 Å². The molecule has 0 saturated carbocycles. The highest BCUT2D eigenvalue weighted by Gasteiger charge is 2.29. The van der Waals surface area contributed by atoms with Gasteiger partial charge in [-0.05, 0) is 47.0 Å². The Kier molecular flexibility index (Phi) is 14.4. The van der Waals surface area contributed by atoms with E-state index in [1.54, 1.807) is 0 Å². The average molecular weight is 473 g/mol. The Hall–Kier alpha value is -1.78. The number of hydrogen-bond donors (Lipinski definition) is 4. The van der Waals surface area contributed by atoms with Crippen molar-refractivity contribution in [1.82, 2.24) is 10.6 Å². The maximum atomic E-state index is 11.1. The van der Waals surface area contributed by atoms with E-state index >= 15 is 0 Å². The van der Waals surface area contributed by atoms with Gasteiger partial charge in [-0.15, -0.1) is 0 Å².